The molecular formula is C14H16BrClN2S. The number of hydrogen-bond donors (Lipinski definition) is 1. The van der Waals surface area contributed by atoms with Crippen molar-refractivity contribution in [1.82, 2.24) is 4.98 Å². The van der Waals surface area contributed by atoms with Crippen molar-refractivity contribution < 1.29 is 0 Å². The summed E-state index contributed by atoms with van der Waals surface area (Å²) in [5, 5.41) is 3.67. The van der Waals surface area contributed by atoms with Gasteiger partial charge in [-0.1, -0.05) is 48.3 Å². The zero-order valence-electron chi connectivity index (χ0n) is 11.1. The number of nitrogens with zero attached hydrogens (tertiary/aromatic N) is 1. The van der Waals surface area contributed by atoms with Gasteiger partial charge in [-0.25, -0.2) is 4.98 Å². The molecule has 1 heterocycles. The van der Waals surface area contributed by atoms with Gasteiger partial charge in [0.15, 0.2) is 0 Å². The van der Waals surface area contributed by atoms with E-state index < -0.39 is 0 Å². The fourth-order valence-corrected chi connectivity index (χ4v) is 3.40. The van der Waals surface area contributed by atoms with Crippen LogP contribution in [0.4, 0.5) is 0 Å². The molecule has 1 aromatic heterocycles. The second-order valence-electron chi connectivity index (χ2n) is 5.46. The second kappa shape index (κ2) is 5.52. The minimum atomic E-state index is -0.255. The van der Waals surface area contributed by atoms with Gasteiger partial charge in [-0.05, 0) is 23.8 Å². The van der Waals surface area contributed by atoms with Gasteiger partial charge in [-0.15, -0.1) is 11.3 Å². The number of benzene rings is 1. The molecule has 0 radical (unpaired) electrons. The first-order valence-corrected chi connectivity index (χ1v) is 8.00. The quantitative estimate of drug-likeness (QED) is 0.828. The Bertz CT molecular complexity index is 589. The minimum absolute atomic E-state index is 0.0417. The van der Waals surface area contributed by atoms with Gasteiger partial charge >= 0.3 is 0 Å². The normalized spacial score (nSPS) is 13.6. The number of halogens is 2. The van der Waals surface area contributed by atoms with E-state index in [9.17, 15) is 0 Å². The van der Waals surface area contributed by atoms with Crippen molar-refractivity contribution in [1.29, 1.82) is 0 Å². The fourth-order valence-electron chi connectivity index (χ4n) is 1.66. The molecular weight excluding hydrogens is 344 g/mol. The van der Waals surface area contributed by atoms with E-state index in [1.54, 1.807) is 11.3 Å². The summed E-state index contributed by atoms with van der Waals surface area (Å²) in [5.74, 6) is 0. The summed E-state index contributed by atoms with van der Waals surface area (Å²) in [6, 6.07) is 5.38. The van der Waals surface area contributed by atoms with Gasteiger partial charge < -0.3 is 5.73 Å². The molecule has 2 rings (SSSR count). The van der Waals surface area contributed by atoms with Crippen LogP contribution in [0.1, 0.15) is 43.1 Å². The smallest absolute Gasteiger partial charge is 0.114 e. The molecule has 5 heteroatoms. The molecule has 2 N–H and O–H groups in total. The van der Waals surface area contributed by atoms with E-state index in [0.717, 1.165) is 20.7 Å². The lowest BCUT2D eigenvalue weighted by molar-refractivity contribution is 0.569. The Balaban J connectivity index is 2.36. The summed E-state index contributed by atoms with van der Waals surface area (Å²) in [7, 11) is 0. The second-order valence-corrected chi connectivity index (χ2v) is 7.64. The third kappa shape index (κ3) is 3.37. The predicted octanol–water partition coefficient (Wildman–Crippen LogP) is 4.90. The number of hydrogen-bond acceptors (Lipinski definition) is 3. The average Bonchev–Trinajstić information content (AvgIpc) is 2.80. The van der Waals surface area contributed by atoms with E-state index in [-0.39, 0.29) is 11.5 Å². The first kappa shape index (κ1) is 15.0. The Hall–Kier alpha value is -0.420. The van der Waals surface area contributed by atoms with Crippen molar-refractivity contribution in [3.8, 4) is 0 Å². The van der Waals surface area contributed by atoms with E-state index in [1.165, 1.54) is 0 Å². The lowest BCUT2D eigenvalue weighted by Gasteiger charge is -2.15. The molecule has 2 aromatic rings. The van der Waals surface area contributed by atoms with E-state index in [2.05, 4.69) is 47.1 Å². The molecule has 0 aliphatic rings. The minimum Gasteiger partial charge on any atom is -0.318 e. The maximum atomic E-state index is 6.30. The first-order chi connectivity index (χ1) is 8.79. The predicted molar refractivity (Wildman–Crippen MR) is 86.0 cm³/mol. The Morgan fingerprint density at radius 2 is 2.05 bits per heavy atom. The van der Waals surface area contributed by atoms with Gasteiger partial charge in [0.2, 0.25) is 0 Å². The van der Waals surface area contributed by atoms with E-state index in [4.69, 9.17) is 17.3 Å². The first-order valence-electron chi connectivity index (χ1n) is 5.95. The van der Waals surface area contributed by atoms with Gasteiger partial charge in [0.1, 0.15) is 5.01 Å². The monoisotopic (exact) mass is 358 g/mol. The molecule has 0 saturated heterocycles. The SMILES string of the molecule is CC(C)(C)c1csc(C(N)c2cc(Cl)ccc2Br)n1. The van der Waals surface area contributed by atoms with Crippen molar-refractivity contribution in [2.45, 2.75) is 32.2 Å². The van der Waals surface area contributed by atoms with Crippen LogP contribution in [0.15, 0.2) is 28.1 Å². The van der Waals surface area contributed by atoms with E-state index >= 15 is 0 Å². The molecule has 2 nitrogen and oxygen atoms in total. The van der Waals surface area contributed by atoms with Crippen molar-refractivity contribution in [2.24, 2.45) is 5.73 Å². The Morgan fingerprint density at radius 3 is 2.63 bits per heavy atom. The van der Waals surface area contributed by atoms with Gasteiger partial charge in [0.05, 0.1) is 11.7 Å². The lowest BCUT2D eigenvalue weighted by Crippen LogP contribution is -2.15. The maximum Gasteiger partial charge on any atom is 0.114 e. The summed E-state index contributed by atoms with van der Waals surface area (Å²) >= 11 is 11.1. The van der Waals surface area contributed by atoms with Crippen LogP contribution in [0.2, 0.25) is 5.02 Å². The van der Waals surface area contributed by atoms with Crippen LogP contribution < -0.4 is 5.73 Å². The maximum absolute atomic E-state index is 6.30. The van der Waals surface area contributed by atoms with Gasteiger partial charge in [0.25, 0.3) is 0 Å². The molecule has 0 aliphatic heterocycles. The Morgan fingerprint density at radius 1 is 1.37 bits per heavy atom. The van der Waals surface area contributed by atoms with Crippen LogP contribution in [-0.2, 0) is 5.41 Å². The molecule has 0 aliphatic carbocycles. The van der Waals surface area contributed by atoms with Gasteiger partial charge in [-0.3, -0.25) is 0 Å². The zero-order valence-corrected chi connectivity index (χ0v) is 14.2. The lowest BCUT2D eigenvalue weighted by atomic mass is 9.93. The van der Waals surface area contributed by atoms with E-state index in [0.29, 0.717) is 5.02 Å². The van der Waals surface area contributed by atoms with Crippen molar-refractivity contribution >= 4 is 38.9 Å². The van der Waals surface area contributed by atoms with Crippen molar-refractivity contribution in [3.63, 3.8) is 0 Å². The highest BCUT2D eigenvalue weighted by Gasteiger charge is 2.21. The van der Waals surface area contributed by atoms with Crippen LogP contribution >= 0.6 is 38.9 Å². The summed E-state index contributed by atoms with van der Waals surface area (Å²) in [6.45, 7) is 6.44. The number of nitrogens with two attached hydrogens (primary N) is 1. The molecule has 0 spiro atoms. The topological polar surface area (TPSA) is 38.9 Å². The molecule has 0 bridgehead atoms. The zero-order chi connectivity index (χ0) is 14.2. The highest BCUT2D eigenvalue weighted by molar-refractivity contribution is 9.10. The average molecular weight is 360 g/mol. The Kier molecular flexibility index (Phi) is 4.35. The summed E-state index contributed by atoms with van der Waals surface area (Å²) in [5.41, 5.74) is 8.37. The van der Waals surface area contributed by atoms with Crippen molar-refractivity contribution in [3.05, 3.63) is 49.3 Å². The Labute approximate surface area is 131 Å². The van der Waals surface area contributed by atoms with Crippen LogP contribution in [0.3, 0.4) is 0 Å². The summed E-state index contributed by atoms with van der Waals surface area (Å²) in [6.07, 6.45) is 0. The molecule has 1 atom stereocenters. The summed E-state index contributed by atoms with van der Waals surface area (Å²) in [4.78, 5) is 4.66. The van der Waals surface area contributed by atoms with Crippen molar-refractivity contribution in [2.75, 3.05) is 0 Å². The van der Waals surface area contributed by atoms with Crippen LogP contribution in [0.25, 0.3) is 0 Å². The number of rotatable bonds is 2. The molecule has 0 saturated carbocycles. The highest BCUT2D eigenvalue weighted by Crippen LogP contribution is 2.32. The molecule has 0 amide bonds. The molecule has 19 heavy (non-hydrogen) atoms. The van der Waals surface area contributed by atoms with Crippen LogP contribution in [-0.4, -0.2) is 4.98 Å². The van der Waals surface area contributed by atoms with Gasteiger partial charge in [0, 0.05) is 20.3 Å². The molecule has 102 valence electrons. The van der Waals surface area contributed by atoms with Crippen LogP contribution in [0, 0.1) is 0 Å². The molecule has 0 fully saturated rings. The third-order valence-electron chi connectivity index (χ3n) is 2.85. The largest absolute Gasteiger partial charge is 0.318 e. The highest BCUT2D eigenvalue weighted by atomic mass is 79.9. The standard InChI is InChI=1S/C14H16BrClN2S/c1-14(2,3)11-7-19-13(18-11)12(17)9-6-8(16)4-5-10(9)15/h4-7,12H,17H2,1-3H3. The molecule has 1 aromatic carbocycles. The van der Waals surface area contributed by atoms with Crippen LogP contribution in [0.5, 0.6) is 0 Å². The number of aromatic nitrogens is 1. The fraction of sp³-hybridized carbons (Fsp3) is 0.357. The van der Waals surface area contributed by atoms with Gasteiger partial charge in [-0.2, -0.15) is 0 Å². The summed E-state index contributed by atoms with van der Waals surface area (Å²) < 4.78 is 0.955. The van der Waals surface area contributed by atoms with E-state index in [1.807, 2.05) is 18.2 Å². The number of thiazole rings is 1. The molecule has 1 unspecified atom stereocenters. The third-order valence-corrected chi connectivity index (χ3v) is 4.73.